The Morgan fingerprint density at radius 3 is 2.40 bits per heavy atom. The van der Waals surface area contributed by atoms with E-state index in [0.29, 0.717) is 25.5 Å². The number of carbonyl (C=O) groups excluding carboxylic acids is 1. The molecule has 0 bridgehead atoms. The maximum absolute atomic E-state index is 12.0. The van der Waals surface area contributed by atoms with E-state index < -0.39 is 9.84 Å². The van der Waals surface area contributed by atoms with Crippen LogP contribution in [0.5, 0.6) is 0 Å². The molecule has 0 saturated carbocycles. The van der Waals surface area contributed by atoms with Crippen molar-refractivity contribution in [2.75, 3.05) is 31.6 Å². The van der Waals surface area contributed by atoms with Crippen molar-refractivity contribution >= 4 is 45.7 Å². The first-order chi connectivity index (χ1) is 13.6. The van der Waals surface area contributed by atoms with E-state index in [-0.39, 0.29) is 59.3 Å². The van der Waals surface area contributed by atoms with E-state index in [9.17, 15) is 13.2 Å². The van der Waals surface area contributed by atoms with Crippen LogP contribution in [0.15, 0.2) is 29.3 Å². The largest absolute Gasteiger partial charge is 0.356 e. The number of amides is 1. The molecule has 1 aromatic rings. The smallest absolute Gasteiger partial charge is 0.222 e. The quantitative estimate of drug-likeness (QED) is 0.261. The summed E-state index contributed by atoms with van der Waals surface area (Å²) in [6.45, 7) is 7.63. The van der Waals surface area contributed by atoms with E-state index in [1.807, 2.05) is 0 Å². The molecule has 7 nitrogen and oxygen atoms in total. The van der Waals surface area contributed by atoms with Crippen LogP contribution in [0, 0.1) is 0 Å². The van der Waals surface area contributed by atoms with Gasteiger partial charge in [0.2, 0.25) is 5.91 Å². The molecule has 1 atom stereocenters. The van der Waals surface area contributed by atoms with Crippen LogP contribution in [0.3, 0.4) is 0 Å². The molecule has 30 heavy (non-hydrogen) atoms. The Morgan fingerprint density at radius 2 is 1.87 bits per heavy atom. The standard InChI is InChI=1S/C21H34N4O3S.HI/c1-5-16-6-8-17(9-7-16)21(2,3)15-24-20(22-4)23-12-10-19(26)25-18-11-13-29(27,28)14-18;/h6-9,18H,5,10-15H2,1-4H3,(H,25,26)(H2,22,23,24);1H. The summed E-state index contributed by atoms with van der Waals surface area (Å²) in [6.07, 6.45) is 1.79. The Bertz CT molecular complexity index is 823. The molecule has 1 unspecified atom stereocenters. The van der Waals surface area contributed by atoms with Crippen molar-refractivity contribution in [2.45, 2.75) is 51.5 Å². The Hall–Kier alpha value is -1.36. The maximum atomic E-state index is 12.0. The molecular formula is C21H35IN4O3S. The topological polar surface area (TPSA) is 99.7 Å². The second-order valence-corrected chi connectivity index (χ2v) is 10.4. The Morgan fingerprint density at radius 1 is 1.20 bits per heavy atom. The molecule has 3 N–H and O–H groups in total. The van der Waals surface area contributed by atoms with Crippen molar-refractivity contribution in [1.29, 1.82) is 0 Å². The van der Waals surface area contributed by atoms with Gasteiger partial charge in [-0.3, -0.25) is 9.79 Å². The number of sulfone groups is 1. The van der Waals surface area contributed by atoms with Gasteiger partial charge in [-0.15, -0.1) is 24.0 Å². The summed E-state index contributed by atoms with van der Waals surface area (Å²) in [5, 5.41) is 9.26. The van der Waals surface area contributed by atoms with E-state index in [2.05, 4.69) is 66.0 Å². The van der Waals surface area contributed by atoms with Gasteiger partial charge in [0, 0.05) is 38.0 Å². The normalized spacial score (nSPS) is 18.4. The number of guanidine groups is 1. The van der Waals surface area contributed by atoms with Crippen molar-refractivity contribution in [3.63, 3.8) is 0 Å². The fourth-order valence-corrected chi connectivity index (χ4v) is 5.00. The van der Waals surface area contributed by atoms with Crippen LogP contribution < -0.4 is 16.0 Å². The van der Waals surface area contributed by atoms with Gasteiger partial charge in [-0.1, -0.05) is 45.0 Å². The summed E-state index contributed by atoms with van der Waals surface area (Å²) < 4.78 is 22.9. The van der Waals surface area contributed by atoms with E-state index in [0.717, 1.165) is 6.42 Å². The fraction of sp³-hybridized carbons (Fsp3) is 0.619. The molecule has 0 radical (unpaired) electrons. The molecule has 2 rings (SSSR count). The number of rotatable bonds is 8. The predicted octanol–water partition coefficient (Wildman–Crippen LogP) is 2.00. The average Bonchev–Trinajstić information content (AvgIpc) is 3.02. The van der Waals surface area contributed by atoms with Gasteiger partial charge in [-0.05, 0) is 24.0 Å². The number of benzene rings is 1. The molecule has 1 aliphatic heterocycles. The lowest BCUT2D eigenvalue weighted by molar-refractivity contribution is -0.121. The van der Waals surface area contributed by atoms with Crippen molar-refractivity contribution in [2.24, 2.45) is 4.99 Å². The summed E-state index contributed by atoms with van der Waals surface area (Å²) >= 11 is 0. The minimum Gasteiger partial charge on any atom is -0.356 e. The van der Waals surface area contributed by atoms with Gasteiger partial charge in [-0.25, -0.2) is 8.42 Å². The molecule has 1 amide bonds. The highest BCUT2D eigenvalue weighted by molar-refractivity contribution is 14.0. The Kier molecular flexibility index (Phi) is 10.6. The van der Waals surface area contributed by atoms with E-state index in [1.165, 1.54) is 11.1 Å². The van der Waals surface area contributed by atoms with Crippen LogP contribution >= 0.6 is 24.0 Å². The van der Waals surface area contributed by atoms with Gasteiger partial charge < -0.3 is 16.0 Å². The molecule has 9 heteroatoms. The number of hydrogen-bond donors (Lipinski definition) is 3. The number of nitrogens with zero attached hydrogens (tertiary/aromatic N) is 1. The van der Waals surface area contributed by atoms with Crippen LogP contribution in [0.1, 0.15) is 44.7 Å². The summed E-state index contributed by atoms with van der Waals surface area (Å²) in [4.78, 5) is 16.2. The average molecular weight is 551 g/mol. The lowest BCUT2D eigenvalue weighted by atomic mass is 9.84. The minimum atomic E-state index is -2.99. The van der Waals surface area contributed by atoms with Crippen molar-refractivity contribution in [1.82, 2.24) is 16.0 Å². The van der Waals surface area contributed by atoms with Gasteiger partial charge >= 0.3 is 0 Å². The number of aliphatic imine (C=N–C) groups is 1. The van der Waals surface area contributed by atoms with Crippen molar-refractivity contribution in [3.8, 4) is 0 Å². The predicted molar refractivity (Wildman–Crippen MR) is 133 cm³/mol. The zero-order chi connectivity index (χ0) is 21.5. The zero-order valence-electron chi connectivity index (χ0n) is 18.3. The first-order valence-electron chi connectivity index (χ1n) is 10.2. The van der Waals surface area contributed by atoms with Crippen LogP contribution in [-0.4, -0.2) is 58.0 Å². The highest BCUT2D eigenvalue weighted by Gasteiger charge is 2.28. The van der Waals surface area contributed by atoms with Crippen LogP contribution in [0.25, 0.3) is 0 Å². The van der Waals surface area contributed by atoms with Gasteiger partial charge in [0.15, 0.2) is 15.8 Å². The van der Waals surface area contributed by atoms with Gasteiger partial charge in [0.05, 0.1) is 11.5 Å². The SMILES string of the molecule is CCc1ccc(C(C)(C)CNC(=NC)NCCC(=O)NC2CCS(=O)(=O)C2)cc1.I. The number of aryl methyl sites for hydroxylation is 1. The Labute approximate surface area is 197 Å². The molecule has 0 aliphatic carbocycles. The third kappa shape index (κ3) is 8.41. The second-order valence-electron chi connectivity index (χ2n) is 8.20. The number of hydrogen-bond acceptors (Lipinski definition) is 4. The first kappa shape index (κ1) is 26.7. The third-order valence-corrected chi connectivity index (χ3v) is 7.08. The highest BCUT2D eigenvalue weighted by Crippen LogP contribution is 2.22. The van der Waals surface area contributed by atoms with Crippen LogP contribution in [-0.2, 0) is 26.5 Å². The summed E-state index contributed by atoms with van der Waals surface area (Å²) in [5.74, 6) is 0.693. The van der Waals surface area contributed by atoms with Gasteiger partial charge in [-0.2, -0.15) is 0 Å². The maximum Gasteiger partial charge on any atom is 0.222 e. The number of nitrogens with one attached hydrogen (secondary N) is 3. The van der Waals surface area contributed by atoms with Gasteiger partial charge in [0.1, 0.15) is 0 Å². The zero-order valence-corrected chi connectivity index (χ0v) is 21.5. The first-order valence-corrected chi connectivity index (χ1v) is 12.0. The van der Waals surface area contributed by atoms with Crippen LogP contribution in [0.4, 0.5) is 0 Å². The van der Waals surface area contributed by atoms with Crippen molar-refractivity contribution in [3.05, 3.63) is 35.4 Å². The molecule has 1 fully saturated rings. The number of halogens is 1. The summed E-state index contributed by atoms with van der Waals surface area (Å²) in [6, 6.07) is 8.41. The van der Waals surface area contributed by atoms with Crippen molar-refractivity contribution < 1.29 is 13.2 Å². The van der Waals surface area contributed by atoms with Gasteiger partial charge in [0.25, 0.3) is 0 Å². The van der Waals surface area contributed by atoms with E-state index in [1.54, 1.807) is 7.05 Å². The molecule has 0 aromatic heterocycles. The lowest BCUT2D eigenvalue weighted by Gasteiger charge is -2.27. The molecule has 1 aromatic carbocycles. The fourth-order valence-electron chi connectivity index (χ4n) is 3.32. The lowest BCUT2D eigenvalue weighted by Crippen LogP contribution is -2.44. The molecule has 170 valence electrons. The van der Waals surface area contributed by atoms with E-state index >= 15 is 0 Å². The monoisotopic (exact) mass is 550 g/mol. The van der Waals surface area contributed by atoms with E-state index in [4.69, 9.17) is 0 Å². The second kappa shape index (κ2) is 11.9. The molecule has 1 aliphatic rings. The van der Waals surface area contributed by atoms with Crippen LogP contribution in [0.2, 0.25) is 0 Å². The third-order valence-electron chi connectivity index (χ3n) is 5.31. The molecule has 1 saturated heterocycles. The summed E-state index contributed by atoms with van der Waals surface area (Å²) in [7, 11) is -1.29. The highest BCUT2D eigenvalue weighted by atomic mass is 127. The molecule has 0 spiro atoms. The minimum absolute atomic E-state index is 0. The molecular weight excluding hydrogens is 515 g/mol. The number of carbonyl (C=O) groups is 1. The summed E-state index contributed by atoms with van der Waals surface area (Å²) in [5.41, 5.74) is 2.50. The molecule has 1 heterocycles. The Balaban J connectivity index is 0.00000450.